The van der Waals surface area contributed by atoms with Gasteiger partial charge in [-0.1, -0.05) is 5.57 Å². The van der Waals surface area contributed by atoms with Gasteiger partial charge in [0.05, 0.1) is 0 Å². The highest BCUT2D eigenvalue weighted by Crippen LogP contribution is 2.23. The Morgan fingerprint density at radius 3 is 2.83 bits per heavy atom. The van der Waals surface area contributed by atoms with Crippen molar-refractivity contribution in [1.29, 1.82) is 0 Å². The third-order valence-corrected chi connectivity index (χ3v) is 4.28. The Labute approximate surface area is 142 Å². The molecule has 0 spiro atoms. The lowest BCUT2D eigenvalue weighted by Crippen LogP contribution is -2.30. The maximum Gasteiger partial charge on any atom is 0.252 e. The van der Waals surface area contributed by atoms with Crippen LogP contribution in [0.1, 0.15) is 41.4 Å². The van der Waals surface area contributed by atoms with E-state index in [0.717, 1.165) is 35.8 Å². The summed E-state index contributed by atoms with van der Waals surface area (Å²) in [5.74, 6) is 0.667. The minimum Gasteiger partial charge on any atom is -0.373 e. The summed E-state index contributed by atoms with van der Waals surface area (Å²) in [7, 11) is 3.33. The number of amides is 1. The van der Waals surface area contributed by atoms with Crippen LogP contribution in [0.2, 0.25) is 0 Å². The molecule has 130 valence electrons. The lowest BCUT2D eigenvalue weighted by atomic mass is 10.0. The largest absolute Gasteiger partial charge is 0.373 e. The van der Waals surface area contributed by atoms with Crippen molar-refractivity contribution in [3.63, 3.8) is 0 Å². The van der Waals surface area contributed by atoms with E-state index in [1.54, 1.807) is 19.1 Å². The minimum atomic E-state index is -0.378. The topological polar surface area (TPSA) is 71.5 Å². The number of hydrogen-bond donors (Lipinski definition) is 1. The Morgan fingerprint density at radius 1 is 1.54 bits per heavy atom. The zero-order valence-electron chi connectivity index (χ0n) is 14.6. The van der Waals surface area contributed by atoms with Gasteiger partial charge in [0, 0.05) is 39.2 Å². The average molecular weight is 331 g/mol. The van der Waals surface area contributed by atoms with Crippen molar-refractivity contribution in [3.05, 3.63) is 35.0 Å². The minimum absolute atomic E-state index is 0.0319. The van der Waals surface area contributed by atoms with Crippen LogP contribution in [0.15, 0.2) is 18.2 Å². The SMILES string of the molecule is C=C(C)CCc1cc(CN2CCC(OC)C2=O)c(C=O)nc1NC. The Kier molecular flexibility index (Phi) is 6.09. The van der Waals surface area contributed by atoms with E-state index < -0.39 is 0 Å². The van der Waals surface area contributed by atoms with E-state index in [1.807, 2.05) is 13.0 Å². The maximum atomic E-state index is 12.2. The molecule has 1 aliphatic rings. The number of aldehydes is 1. The van der Waals surface area contributed by atoms with Crippen LogP contribution in [-0.4, -0.2) is 48.9 Å². The molecule has 1 fully saturated rings. The lowest BCUT2D eigenvalue weighted by molar-refractivity contribution is -0.136. The second kappa shape index (κ2) is 8.06. The molecule has 0 bridgehead atoms. The summed E-state index contributed by atoms with van der Waals surface area (Å²) in [6.45, 7) is 6.92. The van der Waals surface area contributed by atoms with Gasteiger partial charge in [-0.15, -0.1) is 6.58 Å². The van der Waals surface area contributed by atoms with Gasteiger partial charge >= 0.3 is 0 Å². The standard InChI is InChI=1S/C18H25N3O3/c1-12(2)5-6-13-9-14(15(11-22)20-17(13)19-3)10-21-8-7-16(24-4)18(21)23/h9,11,16H,1,5-8,10H2,2-4H3,(H,19,20). The van der Waals surface area contributed by atoms with Crippen LogP contribution in [0, 0.1) is 0 Å². The molecule has 0 radical (unpaired) electrons. The fourth-order valence-electron chi connectivity index (χ4n) is 2.89. The predicted octanol–water partition coefficient (Wildman–Crippen LogP) is 2.19. The van der Waals surface area contributed by atoms with Gasteiger partial charge in [0.25, 0.3) is 5.91 Å². The number of aryl methyl sites for hydroxylation is 1. The first kappa shape index (κ1) is 18.1. The molecule has 6 heteroatoms. The van der Waals surface area contributed by atoms with Crippen molar-refractivity contribution in [1.82, 2.24) is 9.88 Å². The van der Waals surface area contributed by atoms with Crippen LogP contribution in [0.4, 0.5) is 5.82 Å². The zero-order valence-corrected chi connectivity index (χ0v) is 14.6. The molecule has 1 aromatic rings. The average Bonchev–Trinajstić information content (AvgIpc) is 2.92. The molecule has 24 heavy (non-hydrogen) atoms. The van der Waals surface area contributed by atoms with Gasteiger partial charge in [-0.3, -0.25) is 9.59 Å². The number of hydrogen-bond acceptors (Lipinski definition) is 5. The highest BCUT2D eigenvalue weighted by atomic mass is 16.5. The number of ether oxygens (including phenoxy) is 1. The Balaban J connectivity index is 2.27. The normalized spacial score (nSPS) is 17.2. The number of carbonyl (C=O) groups is 2. The fourth-order valence-corrected chi connectivity index (χ4v) is 2.89. The molecular formula is C18H25N3O3. The monoisotopic (exact) mass is 331 g/mol. The number of allylic oxidation sites excluding steroid dienone is 1. The number of carbonyl (C=O) groups excluding carboxylic acids is 2. The van der Waals surface area contributed by atoms with E-state index in [9.17, 15) is 9.59 Å². The molecule has 0 saturated carbocycles. The lowest BCUT2D eigenvalue weighted by Gasteiger charge is -2.19. The van der Waals surface area contributed by atoms with Gasteiger partial charge in [0.1, 0.15) is 17.6 Å². The molecule has 1 atom stereocenters. The molecule has 1 amide bonds. The number of aromatic nitrogens is 1. The first-order valence-electron chi connectivity index (χ1n) is 8.11. The number of anilines is 1. The van der Waals surface area contributed by atoms with Gasteiger partial charge < -0.3 is 15.0 Å². The molecule has 1 aliphatic heterocycles. The maximum absolute atomic E-state index is 12.2. The van der Waals surface area contributed by atoms with Crippen LogP contribution in [0.5, 0.6) is 0 Å². The summed E-state index contributed by atoms with van der Waals surface area (Å²) in [5, 5.41) is 3.04. The van der Waals surface area contributed by atoms with Crippen molar-refractivity contribution in [3.8, 4) is 0 Å². The van der Waals surface area contributed by atoms with Crippen LogP contribution in [0.3, 0.4) is 0 Å². The number of rotatable bonds is 8. The number of nitrogens with zero attached hydrogens (tertiary/aromatic N) is 2. The van der Waals surface area contributed by atoms with Gasteiger partial charge in [-0.05, 0) is 31.4 Å². The molecule has 1 N–H and O–H groups in total. The summed E-state index contributed by atoms with van der Waals surface area (Å²) < 4.78 is 5.18. The van der Waals surface area contributed by atoms with Gasteiger partial charge in [-0.25, -0.2) is 4.98 Å². The molecule has 0 aromatic carbocycles. The molecular weight excluding hydrogens is 306 g/mol. The van der Waals surface area contributed by atoms with E-state index in [4.69, 9.17) is 4.74 Å². The molecule has 1 aromatic heterocycles. The molecule has 6 nitrogen and oxygen atoms in total. The number of likely N-dealkylation sites (tertiary alicyclic amines) is 1. The number of methoxy groups -OCH3 is 1. The molecule has 2 heterocycles. The van der Waals surface area contributed by atoms with Gasteiger partial charge in [-0.2, -0.15) is 0 Å². The summed E-state index contributed by atoms with van der Waals surface area (Å²) in [6.07, 6.45) is 2.69. The van der Waals surface area contributed by atoms with Crippen LogP contribution >= 0.6 is 0 Å². The van der Waals surface area contributed by atoms with Crippen molar-refractivity contribution in [2.24, 2.45) is 0 Å². The van der Waals surface area contributed by atoms with Crippen LogP contribution in [0.25, 0.3) is 0 Å². The first-order valence-corrected chi connectivity index (χ1v) is 8.11. The van der Waals surface area contributed by atoms with E-state index in [-0.39, 0.29) is 12.0 Å². The zero-order chi connectivity index (χ0) is 17.7. The fraction of sp³-hybridized carbons (Fsp3) is 0.500. The van der Waals surface area contributed by atoms with Crippen LogP contribution < -0.4 is 5.32 Å². The highest BCUT2D eigenvalue weighted by Gasteiger charge is 2.32. The second-order valence-corrected chi connectivity index (χ2v) is 6.14. The molecule has 1 saturated heterocycles. The van der Waals surface area contributed by atoms with Crippen molar-refractivity contribution in [2.75, 3.05) is 26.0 Å². The quantitative estimate of drug-likeness (QED) is 0.584. The third-order valence-electron chi connectivity index (χ3n) is 4.28. The van der Waals surface area contributed by atoms with Gasteiger partial charge in [0.2, 0.25) is 0 Å². The Morgan fingerprint density at radius 2 is 2.29 bits per heavy atom. The van der Waals surface area contributed by atoms with Crippen molar-refractivity contribution >= 4 is 18.0 Å². The van der Waals surface area contributed by atoms with E-state index in [1.165, 1.54) is 0 Å². The number of nitrogens with one attached hydrogen (secondary N) is 1. The summed E-state index contributed by atoms with van der Waals surface area (Å²) in [5.41, 5.74) is 3.25. The Hall–Kier alpha value is -2.21. The predicted molar refractivity (Wildman–Crippen MR) is 93.1 cm³/mol. The first-order chi connectivity index (χ1) is 11.5. The highest BCUT2D eigenvalue weighted by molar-refractivity contribution is 5.83. The smallest absolute Gasteiger partial charge is 0.252 e. The summed E-state index contributed by atoms with van der Waals surface area (Å²) in [6, 6.07) is 1.97. The summed E-state index contributed by atoms with van der Waals surface area (Å²) >= 11 is 0. The summed E-state index contributed by atoms with van der Waals surface area (Å²) in [4.78, 5) is 29.8. The number of pyridine rings is 1. The van der Waals surface area contributed by atoms with Crippen LogP contribution in [-0.2, 0) is 22.5 Å². The molecule has 1 unspecified atom stereocenters. The second-order valence-electron chi connectivity index (χ2n) is 6.14. The van der Waals surface area contributed by atoms with Gasteiger partial charge in [0.15, 0.2) is 6.29 Å². The van der Waals surface area contributed by atoms with Crippen molar-refractivity contribution < 1.29 is 14.3 Å². The molecule has 2 rings (SSSR count). The van der Waals surface area contributed by atoms with Crippen molar-refractivity contribution in [2.45, 2.75) is 38.8 Å². The third kappa shape index (κ3) is 4.00. The molecule has 0 aliphatic carbocycles. The van der Waals surface area contributed by atoms with E-state index >= 15 is 0 Å². The Bertz CT molecular complexity index is 643. The van der Waals surface area contributed by atoms with E-state index in [0.29, 0.717) is 31.0 Å². The van der Waals surface area contributed by atoms with E-state index in [2.05, 4.69) is 16.9 Å².